The van der Waals surface area contributed by atoms with Crippen molar-refractivity contribution < 1.29 is 9.53 Å². The largest absolute Gasteiger partial charge is 0.496 e. The van der Waals surface area contributed by atoms with Crippen LogP contribution in [-0.2, 0) is 0 Å². The van der Waals surface area contributed by atoms with Crippen molar-refractivity contribution in [3.8, 4) is 5.75 Å². The summed E-state index contributed by atoms with van der Waals surface area (Å²) in [6, 6.07) is 11.9. The van der Waals surface area contributed by atoms with Gasteiger partial charge in [0.05, 0.1) is 19.2 Å². The molecule has 0 atom stereocenters. The maximum absolute atomic E-state index is 12.9. The standard InChI is InChI=1S/C19H24N2O2/c1-3-20-10-12-21(13-11-20)14-17(22)19-16-7-5-4-6-15(16)8-9-18(19)23-2/h4-9H,3,10-14H2,1-2H3. The van der Waals surface area contributed by atoms with E-state index in [-0.39, 0.29) is 5.78 Å². The molecule has 1 saturated heterocycles. The number of ketones is 1. The second kappa shape index (κ2) is 7.11. The number of hydrogen-bond acceptors (Lipinski definition) is 4. The first-order valence-corrected chi connectivity index (χ1v) is 8.26. The van der Waals surface area contributed by atoms with E-state index in [1.165, 1.54) is 0 Å². The molecule has 122 valence electrons. The van der Waals surface area contributed by atoms with Gasteiger partial charge in [-0.3, -0.25) is 9.69 Å². The Morgan fingerprint density at radius 3 is 2.43 bits per heavy atom. The molecule has 1 aliphatic heterocycles. The van der Waals surface area contributed by atoms with Gasteiger partial charge in [0.25, 0.3) is 0 Å². The molecule has 0 radical (unpaired) electrons. The van der Waals surface area contributed by atoms with Gasteiger partial charge >= 0.3 is 0 Å². The van der Waals surface area contributed by atoms with Gasteiger partial charge in [-0.1, -0.05) is 37.3 Å². The van der Waals surface area contributed by atoms with Crippen LogP contribution in [0, 0.1) is 0 Å². The zero-order valence-electron chi connectivity index (χ0n) is 13.9. The first-order valence-electron chi connectivity index (χ1n) is 8.26. The minimum absolute atomic E-state index is 0.142. The lowest BCUT2D eigenvalue weighted by Crippen LogP contribution is -2.47. The van der Waals surface area contributed by atoms with Crippen LogP contribution in [0.15, 0.2) is 36.4 Å². The van der Waals surface area contributed by atoms with Crippen LogP contribution in [0.2, 0.25) is 0 Å². The van der Waals surface area contributed by atoms with Crippen molar-refractivity contribution in [1.29, 1.82) is 0 Å². The van der Waals surface area contributed by atoms with Crippen LogP contribution < -0.4 is 4.74 Å². The molecule has 4 nitrogen and oxygen atoms in total. The number of carbonyl (C=O) groups excluding carboxylic acids is 1. The molecule has 0 spiro atoms. The number of likely N-dealkylation sites (N-methyl/N-ethyl adjacent to an activating group) is 1. The molecule has 4 heteroatoms. The summed E-state index contributed by atoms with van der Waals surface area (Å²) in [5, 5.41) is 2.05. The summed E-state index contributed by atoms with van der Waals surface area (Å²) in [6.45, 7) is 7.70. The highest BCUT2D eigenvalue weighted by Gasteiger charge is 2.22. The molecule has 1 fully saturated rings. The third-order valence-electron chi connectivity index (χ3n) is 4.67. The fourth-order valence-electron chi connectivity index (χ4n) is 3.26. The molecule has 0 aliphatic carbocycles. The van der Waals surface area contributed by atoms with Gasteiger partial charge < -0.3 is 9.64 Å². The van der Waals surface area contributed by atoms with E-state index in [0.717, 1.165) is 43.5 Å². The van der Waals surface area contributed by atoms with Crippen molar-refractivity contribution in [3.63, 3.8) is 0 Å². The first-order chi connectivity index (χ1) is 11.2. The Bertz CT molecular complexity index is 691. The Kier molecular flexibility index (Phi) is 4.94. The van der Waals surface area contributed by atoms with Crippen LogP contribution in [-0.4, -0.2) is 62.0 Å². The number of nitrogens with zero attached hydrogens (tertiary/aromatic N) is 2. The van der Waals surface area contributed by atoms with Gasteiger partial charge in [-0.25, -0.2) is 0 Å². The van der Waals surface area contributed by atoms with Crippen LogP contribution >= 0.6 is 0 Å². The molecule has 2 aromatic carbocycles. The zero-order chi connectivity index (χ0) is 16.2. The third kappa shape index (κ3) is 3.38. The quantitative estimate of drug-likeness (QED) is 0.795. The van der Waals surface area contributed by atoms with Crippen molar-refractivity contribution >= 4 is 16.6 Å². The molecule has 0 unspecified atom stereocenters. The van der Waals surface area contributed by atoms with E-state index in [1.54, 1.807) is 7.11 Å². The molecule has 1 heterocycles. The lowest BCUT2D eigenvalue weighted by Gasteiger charge is -2.33. The SMILES string of the molecule is CCN1CCN(CC(=O)c2c(OC)ccc3ccccc23)CC1. The van der Waals surface area contributed by atoms with Crippen molar-refractivity contribution in [3.05, 3.63) is 42.0 Å². The molecular formula is C19H24N2O2. The minimum Gasteiger partial charge on any atom is -0.496 e. The molecule has 23 heavy (non-hydrogen) atoms. The highest BCUT2D eigenvalue weighted by molar-refractivity contribution is 6.11. The van der Waals surface area contributed by atoms with Crippen molar-refractivity contribution in [1.82, 2.24) is 9.80 Å². The van der Waals surface area contributed by atoms with Crippen LogP contribution in [0.3, 0.4) is 0 Å². The molecule has 0 N–H and O–H groups in total. The second-order valence-electron chi connectivity index (χ2n) is 6.00. The summed E-state index contributed by atoms with van der Waals surface area (Å²) in [5.74, 6) is 0.810. The number of benzene rings is 2. The molecule has 2 aromatic rings. The van der Waals surface area contributed by atoms with Gasteiger partial charge in [0.1, 0.15) is 5.75 Å². The number of carbonyl (C=O) groups is 1. The number of rotatable bonds is 5. The average molecular weight is 312 g/mol. The lowest BCUT2D eigenvalue weighted by molar-refractivity contribution is 0.0858. The Morgan fingerprint density at radius 2 is 1.74 bits per heavy atom. The van der Waals surface area contributed by atoms with E-state index in [4.69, 9.17) is 4.74 Å². The number of piperazine rings is 1. The van der Waals surface area contributed by atoms with Crippen molar-refractivity contribution in [2.75, 3.05) is 46.4 Å². The number of fused-ring (bicyclic) bond motifs is 1. The van der Waals surface area contributed by atoms with Crippen molar-refractivity contribution in [2.24, 2.45) is 0 Å². The second-order valence-corrected chi connectivity index (χ2v) is 6.00. The predicted octanol–water partition coefficient (Wildman–Crippen LogP) is 2.67. The summed E-state index contributed by atoms with van der Waals surface area (Å²) in [4.78, 5) is 17.6. The summed E-state index contributed by atoms with van der Waals surface area (Å²) in [7, 11) is 1.63. The van der Waals surface area contributed by atoms with Crippen molar-refractivity contribution in [2.45, 2.75) is 6.92 Å². The summed E-state index contributed by atoms with van der Waals surface area (Å²) < 4.78 is 5.45. The molecule has 3 rings (SSSR count). The Hall–Kier alpha value is -1.91. The lowest BCUT2D eigenvalue weighted by atomic mass is 9.99. The van der Waals surface area contributed by atoms with Crippen LogP contribution in [0.25, 0.3) is 10.8 Å². The van der Waals surface area contributed by atoms with Gasteiger partial charge in [0, 0.05) is 26.2 Å². The highest BCUT2D eigenvalue weighted by Crippen LogP contribution is 2.28. The smallest absolute Gasteiger partial charge is 0.181 e. The predicted molar refractivity (Wildman–Crippen MR) is 93.4 cm³/mol. The summed E-state index contributed by atoms with van der Waals surface area (Å²) in [6.07, 6.45) is 0. The monoisotopic (exact) mass is 312 g/mol. The number of methoxy groups -OCH3 is 1. The number of ether oxygens (including phenoxy) is 1. The van der Waals surface area contributed by atoms with Gasteiger partial charge in [0.15, 0.2) is 5.78 Å². The average Bonchev–Trinajstić information content (AvgIpc) is 2.61. The molecule has 0 bridgehead atoms. The molecular weight excluding hydrogens is 288 g/mol. The van der Waals surface area contributed by atoms with E-state index in [9.17, 15) is 4.79 Å². The third-order valence-corrected chi connectivity index (χ3v) is 4.67. The first kappa shape index (κ1) is 16.0. The maximum Gasteiger partial charge on any atom is 0.181 e. The number of Topliss-reactive ketones (excluding diaryl/α,β-unsaturated/α-hetero) is 1. The van der Waals surface area contributed by atoms with Crippen LogP contribution in [0.1, 0.15) is 17.3 Å². The molecule has 0 aromatic heterocycles. The van der Waals surface area contributed by atoms with Crippen LogP contribution in [0.4, 0.5) is 0 Å². The molecule has 1 aliphatic rings. The summed E-state index contributed by atoms with van der Waals surface area (Å²) in [5.41, 5.74) is 0.712. The number of hydrogen-bond donors (Lipinski definition) is 0. The van der Waals surface area contributed by atoms with Gasteiger partial charge in [-0.2, -0.15) is 0 Å². The van der Waals surface area contributed by atoms with E-state index in [2.05, 4.69) is 16.7 Å². The fourth-order valence-corrected chi connectivity index (χ4v) is 3.26. The minimum atomic E-state index is 0.142. The van der Waals surface area contributed by atoms with Gasteiger partial charge in [-0.05, 0) is 23.4 Å². The maximum atomic E-state index is 12.9. The zero-order valence-corrected chi connectivity index (χ0v) is 13.9. The van der Waals surface area contributed by atoms with E-state index in [1.807, 2.05) is 36.4 Å². The van der Waals surface area contributed by atoms with E-state index >= 15 is 0 Å². The van der Waals surface area contributed by atoms with E-state index in [0.29, 0.717) is 17.9 Å². The molecule has 0 saturated carbocycles. The fraction of sp³-hybridized carbons (Fsp3) is 0.421. The van der Waals surface area contributed by atoms with Gasteiger partial charge in [-0.15, -0.1) is 0 Å². The van der Waals surface area contributed by atoms with E-state index < -0.39 is 0 Å². The Labute approximate surface area is 137 Å². The Morgan fingerprint density at radius 1 is 1.04 bits per heavy atom. The Balaban J connectivity index is 1.83. The normalized spacial score (nSPS) is 16.6. The van der Waals surface area contributed by atoms with Crippen LogP contribution in [0.5, 0.6) is 5.75 Å². The molecule has 0 amide bonds. The highest BCUT2D eigenvalue weighted by atomic mass is 16.5. The summed E-state index contributed by atoms with van der Waals surface area (Å²) >= 11 is 0. The van der Waals surface area contributed by atoms with Gasteiger partial charge in [0.2, 0.25) is 0 Å². The topological polar surface area (TPSA) is 32.8 Å².